The zero-order valence-corrected chi connectivity index (χ0v) is 28.8. The van der Waals surface area contributed by atoms with Crippen LogP contribution in [0.2, 0.25) is 0 Å². The molecule has 51 heavy (non-hydrogen) atoms. The van der Waals surface area contributed by atoms with E-state index in [2.05, 4.69) is 171 Å². The lowest BCUT2D eigenvalue weighted by Gasteiger charge is -2.22. The smallest absolute Gasteiger partial charge is 0.0729 e. The maximum atomic E-state index is 6.84. The second-order valence-corrected chi connectivity index (χ2v) is 13.6. The molecule has 3 N–H and O–H groups in total. The molecule has 0 amide bonds. The van der Waals surface area contributed by atoms with Crippen LogP contribution in [-0.2, 0) is 5.41 Å². The number of anilines is 2. The molecule has 0 atom stereocenters. The molecular weight excluding hydrogens is 619 g/mol. The second-order valence-electron chi connectivity index (χ2n) is 13.6. The van der Waals surface area contributed by atoms with E-state index in [1.807, 2.05) is 30.3 Å². The highest BCUT2D eigenvalue weighted by molar-refractivity contribution is 6.13. The van der Waals surface area contributed by atoms with E-state index in [1.165, 1.54) is 33.4 Å². The lowest BCUT2D eigenvalue weighted by molar-refractivity contribution is 0.660. The van der Waals surface area contributed by atoms with E-state index in [1.54, 1.807) is 0 Å². The summed E-state index contributed by atoms with van der Waals surface area (Å²) in [5.74, 6) is 0. The molecule has 0 spiro atoms. The zero-order valence-electron chi connectivity index (χ0n) is 28.8. The fourth-order valence-corrected chi connectivity index (χ4v) is 7.06. The Bertz CT molecular complexity index is 2370. The Labute approximate surface area is 300 Å². The van der Waals surface area contributed by atoms with Gasteiger partial charge in [0.25, 0.3) is 0 Å². The summed E-state index contributed by atoms with van der Waals surface area (Å²) in [5, 5.41) is 3.52. The van der Waals surface area contributed by atoms with Crippen molar-refractivity contribution in [2.24, 2.45) is 10.7 Å². The molecule has 0 unspecified atom stereocenters. The first-order valence-corrected chi connectivity index (χ1v) is 17.4. The fourth-order valence-electron chi connectivity index (χ4n) is 7.06. The van der Waals surface area contributed by atoms with E-state index < -0.39 is 0 Å². The number of allylic oxidation sites excluding steroid dienone is 1. The zero-order chi connectivity index (χ0) is 34.8. The lowest BCUT2D eigenvalue weighted by atomic mass is 9.82. The largest absolute Gasteiger partial charge is 0.398 e. The Hall–Kier alpha value is -6.45. The van der Waals surface area contributed by atoms with Crippen molar-refractivity contribution >= 4 is 28.5 Å². The summed E-state index contributed by atoms with van der Waals surface area (Å²) in [6.07, 6.45) is 2.00. The van der Waals surface area contributed by atoms with E-state index >= 15 is 0 Å². The number of hydrogen-bond donors (Lipinski definition) is 2. The third-order valence-corrected chi connectivity index (χ3v) is 9.89. The fraction of sp³-hybridized carbons (Fsp3) is 0.0625. The molecule has 0 aliphatic heterocycles. The van der Waals surface area contributed by atoms with Crippen LogP contribution >= 0.6 is 0 Å². The summed E-state index contributed by atoms with van der Waals surface area (Å²) >= 11 is 0. The van der Waals surface area contributed by atoms with Gasteiger partial charge in [-0.2, -0.15) is 0 Å². The van der Waals surface area contributed by atoms with Crippen LogP contribution in [0, 0.1) is 0 Å². The van der Waals surface area contributed by atoms with Gasteiger partial charge in [-0.3, -0.25) is 0 Å². The normalized spacial score (nSPS) is 13.4. The van der Waals surface area contributed by atoms with E-state index in [0.717, 1.165) is 45.0 Å². The predicted octanol–water partition coefficient (Wildman–Crippen LogP) is 12.2. The molecule has 7 aromatic carbocycles. The summed E-state index contributed by atoms with van der Waals surface area (Å²) in [4.78, 5) is 5.10. The SMILES string of the molecule is CC1(C)c2ccccc2-c2ccc(/C(N)=C/C(=Nc3ccc(-c4ccc(Nc5ccc(-c6ccccc6)cc5)cc4)cc3)c3ccccc3)cc21. The molecule has 0 saturated carbocycles. The highest BCUT2D eigenvalue weighted by Crippen LogP contribution is 2.49. The highest BCUT2D eigenvalue weighted by Gasteiger charge is 2.35. The molecular formula is C48H39N3. The van der Waals surface area contributed by atoms with Gasteiger partial charge in [0.15, 0.2) is 0 Å². The van der Waals surface area contributed by atoms with E-state index in [9.17, 15) is 0 Å². The molecule has 0 bridgehead atoms. The van der Waals surface area contributed by atoms with Gasteiger partial charge in [-0.15, -0.1) is 0 Å². The summed E-state index contributed by atoms with van der Waals surface area (Å²) < 4.78 is 0. The number of rotatable bonds is 8. The van der Waals surface area contributed by atoms with Gasteiger partial charge in [-0.1, -0.05) is 147 Å². The van der Waals surface area contributed by atoms with Gasteiger partial charge in [0.05, 0.1) is 11.4 Å². The average Bonchev–Trinajstić information content (AvgIpc) is 3.41. The van der Waals surface area contributed by atoms with Crippen LogP contribution in [0.25, 0.3) is 39.1 Å². The van der Waals surface area contributed by atoms with Crippen molar-refractivity contribution in [1.82, 2.24) is 0 Å². The van der Waals surface area contributed by atoms with Gasteiger partial charge in [-0.25, -0.2) is 4.99 Å². The number of nitrogens with two attached hydrogens (primary N) is 1. The van der Waals surface area contributed by atoms with Crippen LogP contribution < -0.4 is 11.1 Å². The summed E-state index contributed by atoms with van der Waals surface area (Å²) in [6.45, 7) is 4.58. The Morgan fingerprint density at radius 1 is 0.510 bits per heavy atom. The maximum Gasteiger partial charge on any atom is 0.0729 e. The van der Waals surface area contributed by atoms with Gasteiger partial charge < -0.3 is 11.1 Å². The van der Waals surface area contributed by atoms with Crippen LogP contribution in [0.5, 0.6) is 0 Å². The summed E-state index contributed by atoms with van der Waals surface area (Å²) in [5.41, 5.74) is 23.2. The van der Waals surface area contributed by atoms with Crippen LogP contribution in [0.3, 0.4) is 0 Å². The van der Waals surface area contributed by atoms with Gasteiger partial charge >= 0.3 is 0 Å². The molecule has 7 aromatic rings. The van der Waals surface area contributed by atoms with Crippen molar-refractivity contribution < 1.29 is 0 Å². The summed E-state index contributed by atoms with van der Waals surface area (Å²) in [6, 6.07) is 61.4. The first-order chi connectivity index (χ1) is 24.9. The molecule has 3 heteroatoms. The molecule has 246 valence electrons. The van der Waals surface area contributed by atoms with Crippen molar-refractivity contribution in [3.05, 3.63) is 204 Å². The van der Waals surface area contributed by atoms with Crippen molar-refractivity contribution in [1.29, 1.82) is 0 Å². The molecule has 8 rings (SSSR count). The van der Waals surface area contributed by atoms with Crippen LogP contribution in [0.1, 0.15) is 36.1 Å². The Balaban J connectivity index is 1.01. The van der Waals surface area contributed by atoms with Crippen molar-refractivity contribution in [3.63, 3.8) is 0 Å². The number of nitrogens with one attached hydrogen (secondary N) is 1. The number of benzene rings is 7. The minimum atomic E-state index is -0.0910. The molecule has 3 nitrogen and oxygen atoms in total. The Morgan fingerprint density at radius 2 is 1.02 bits per heavy atom. The van der Waals surface area contributed by atoms with Gasteiger partial charge in [0.2, 0.25) is 0 Å². The monoisotopic (exact) mass is 657 g/mol. The molecule has 1 aliphatic rings. The highest BCUT2D eigenvalue weighted by atomic mass is 14.9. The number of fused-ring (bicyclic) bond motifs is 3. The first-order valence-electron chi connectivity index (χ1n) is 17.4. The van der Waals surface area contributed by atoms with Gasteiger partial charge in [0, 0.05) is 28.1 Å². The quantitative estimate of drug-likeness (QED) is 0.160. The second kappa shape index (κ2) is 13.5. The summed E-state index contributed by atoms with van der Waals surface area (Å²) in [7, 11) is 0. The molecule has 0 radical (unpaired) electrons. The Kier molecular flexibility index (Phi) is 8.39. The molecule has 0 fully saturated rings. The van der Waals surface area contributed by atoms with E-state index in [4.69, 9.17) is 10.7 Å². The van der Waals surface area contributed by atoms with E-state index in [0.29, 0.717) is 5.70 Å². The predicted molar refractivity (Wildman–Crippen MR) is 216 cm³/mol. The van der Waals surface area contributed by atoms with Gasteiger partial charge in [-0.05, 0) is 98.6 Å². The molecule has 1 aliphatic carbocycles. The van der Waals surface area contributed by atoms with Crippen molar-refractivity contribution in [3.8, 4) is 33.4 Å². The molecule has 0 saturated heterocycles. The number of nitrogens with zero attached hydrogens (tertiary/aromatic N) is 1. The van der Waals surface area contributed by atoms with Gasteiger partial charge in [0.1, 0.15) is 0 Å². The average molecular weight is 658 g/mol. The number of aliphatic imine (C=N–C) groups is 1. The standard InChI is InChI=1S/C48H39N3/c1-48(2)44-16-10-9-15-42(44)43-30-23-38(31-45(43)48)46(49)32-47(37-13-7-4-8-14-37)51-41-28-21-36(22-29-41)35-19-26-40(27-20-35)50-39-24-17-34(18-25-39)33-11-5-3-6-12-33/h3-32,50H,49H2,1-2H3/b46-32-,51-47?. The van der Waals surface area contributed by atoms with Crippen molar-refractivity contribution in [2.75, 3.05) is 5.32 Å². The Morgan fingerprint density at radius 3 is 1.65 bits per heavy atom. The number of hydrogen-bond acceptors (Lipinski definition) is 3. The molecule has 0 aromatic heterocycles. The first kappa shape index (κ1) is 31.8. The van der Waals surface area contributed by atoms with Crippen LogP contribution in [0.15, 0.2) is 187 Å². The minimum absolute atomic E-state index is 0.0910. The maximum absolute atomic E-state index is 6.84. The minimum Gasteiger partial charge on any atom is -0.398 e. The lowest BCUT2D eigenvalue weighted by Crippen LogP contribution is -2.15. The van der Waals surface area contributed by atoms with E-state index in [-0.39, 0.29) is 5.41 Å². The van der Waals surface area contributed by atoms with Crippen molar-refractivity contribution in [2.45, 2.75) is 19.3 Å². The molecule has 0 heterocycles. The topological polar surface area (TPSA) is 50.4 Å². The third kappa shape index (κ3) is 6.50. The third-order valence-electron chi connectivity index (χ3n) is 9.89. The van der Waals surface area contributed by atoms with Crippen LogP contribution in [-0.4, -0.2) is 5.71 Å². The van der Waals surface area contributed by atoms with Crippen LogP contribution in [0.4, 0.5) is 17.1 Å².